The highest BCUT2D eigenvalue weighted by Gasteiger charge is 2.20. The first kappa shape index (κ1) is 15.7. The summed E-state index contributed by atoms with van der Waals surface area (Å²) in [5.41, 5.74) is 0. The molecule has 106 valence electrons. The molecule has 0 aromatic carbocycles. The number of rotatable bonds is 4. The van der Waals surface area contributed by atoms with Crippen molar-refractivity contribution >= 4 is 56.7 Å². The number of hydrogen-bond acceptors (Lipinski definition) is 5. The van der Waals surface area contributed by atoms with Crippen LogP contribution in [0.2, 0.25) is 10.2 Å². The van der Waals surface area contributed by atoms with E-state index in [1.54, 1.807) is 11.8 Å². The van der Waals surface area contributed by atoms with Gasteiger partial charge in [0.05, 0.1) is 5.02 Å². The van der Waals surface area contributed by atoms with Crippen LogP contribution in [-0.2, 0) is 10.0 Å². The molecule has 19 heavy (non-hydrogen) atoms. The van der Waals surface area contributed by atoms with Gasteiger partial charge in [0.15, 0.2) is 0 Å². The summed E-state index contributed by atoms with van der Waals surface area (Å²) in [7, 11) is -3.58. The molecule has 9 heteroatoms. The van der Waals surface area contributed by atoms with E-state index in [4.69, 9.17) is 23.2 Å². The van der Waals surface area contributed by atoms with Crippen molar-refractivity contribution in [3.05, 3.63) is 22.4 Å². The average molecular weight is 359 g/mol. The van der Waals surface area contributed by atoms with Gasteiger partial charge in [-0.1, -0.05) is 23.2 Å². The molecule has 1 aromatic rings. The second kappa shape index (κ2) is 6.87. The van der Waals surface area contributed by atoms with E-state index >= 15 is 0 Å². The fraction of sp³-hybridized carbons (Fsp3) is 0.500. The van der Waals surface area contributed by atoms with Crippen molar-refractivity contribution in [3.63, 3.8) is 0 Å². The van der Waals surface area contributed by atoms with Crippen molar-refractivity contribution in [2.75, 3.05) is 23.8 Å². The minimum atomic E-state index is -3.58. The Morgan fingerprint density at radius 2 is 2.21 bits per heavy atom. The van der Waals surface area contributed by atoms with Crippen molar-refractivity contribution in [2.45, 2.75) is 10.1 Å². The Morgan fingerprint density at radius 3 is 2.84 bits per heavy atom. The monoisotopic (exact) mass is 358 g/mol. The van der Waals surface area contributed by atoms with Crippen LogP contribution in [0.3, 0.4) is 0 Å². The molecule has 4 nitrogen and oxygen atoms in total. The van der Waals surface area contributed by atoms with E-state index in [1.807, 2.05) is 11.8 Å². The van der Waals surface area contributed by atoms with Gasteiger partial charge in [-0.15, -0.1) is 0 Å². The summed E-state index contributed by atoms with van der Waals surface area (Å²) in [6.45, 7) is 0.417. The maximum atomic E-state index is 12.1. The normalized spacial score (nSPS) is 20.4. The molecule has 0 aliphatic carbocycles. The standard InChI is InChI=1S/C10H12Cl2N2O2S3/c11-9-3-8(5-13-10(9)12)19(15,16)14-4-7-6-17-1-2-18-7/h3,5,7,14H,1-2,4,6H2. The predicted octanol–water partition coefficient (Wildman–Crippen LogP) is 2.52. The van der Waals surface area contributed by atoms with Crippen LogP contribution in [0.5, 0.6) is 0 Å². The quantitative estimate of drug-likeness (QED) is 0.838. The zero-order valence-corrected chi connectivity index (χ0v) is 13.8. The zero-order valence-electron chi connectivity index (χ0n) is 9.80. The first-order valence-electron chi connectivity index (χ1n) is 5.49. The van der Waals surface area contributed by atoms with Gasteiger partial charge in [-0.3, -0.25) is 0 Å². The molecule has 1 fully saturated rings. The fourth-order valence-corrected chi connectivity index (χ4v) is 5.59. The van der Waals surface area contributed by atoms with Gasteiger partial charge < -0.3 is 0 Å². The van der Waals surface area contributed by atoms with Crippen LogP contribution in [0.15, 0.2) is 17.2 Å². The Labute approximate surface area is 131 Å². The van der Waals surface area contributed by atoms with E-state index in [0.29, 0.717) is 11.8 Å². The molecule has 0 amide bonds. The molecule has 0 bridgehead atoms. The zero-order chi connectivity index (χ0) is 13.9. The lowest BCUT2D eigenvalue weighted by Gasteiger charge is -2.21. The van der Waals surface area contributed by atoms with Gasteiger partial charge in [-0.25, -0.2) is 18.1 Å². The SMILES string of the molecule is O=S(=O)(NCC1CSCCS1)c1cnc(Cl)c(Cl)c1. The number of thioether (sulfide) groups is 2. The topological polar surface area (TPSA) is 59.1 Å². The Balaban J connectivity index is 2.02. The van der Waals surface area contributed by atoms with Gasteiger partial charge in [0, 0.05) is 35.3 Å². The van der Waals surface area contributed by atoms with Crippen molar-refractivity contribution in [3.8, 4) is 0 Å². The third-order valence-corrected chi connectivity index (χ3v) is 7.39. The molecule has 1 atom stereocenters. The molecule has 0 saturated carbocycles. The maximum absolute atomic E-state index is 12.1. The highest BCUT2D eigenvalue weighted by atomic mass is 35.5. The molecule has 0 spiro atoms. The molecule has 1 aliphatic rings. The maximum Gasteiger partial charge on any atom is 0.242 e. The summed E-state index contributed by atoms with van der Waals surface area (Å²) in [6, 6.07) is 1.31. The number of pyridine rings is 1. The van der Waals surface area contributed by atoms with Crippen LogP contribution < -0.4 is 4.72 Å². The number of sulfonamides is 1. The summed E-state index contributed by atoms with van der Waals surface area (Å²) in [6.07, 6.45) is 1.21. The predicted molar refractivity (Wildman–Crippen MR) is 83.0 cm³/mol. The summed E-state index contributed by atoms with van der Waals surface area (Å²) >= 11 is 15.1. The third-order valence-electron chi connectivity index (χ3n) is 2.47. The number of hydrogen-bond donors (Lipinski definition) is 1. The van der Waals surface area contributed by atoms with E-state index in [9.17, 15) is 8.42 Å². The third kappa shape index (κ3) is 4.41. The summed E-state index contributed by atoms with van der Waals surface area (Å²) < 4.78 is 26.7. The molecule has 1 aliphatic heterocycles. The number of nitrogens with zero attached hydrogens (tertiary/aromatic N) is 1. The van der Waals surface area contributed by atoms with Crippen LogP contribution in [0.25, 0.3) is 0 Å². The molecule has 1 aromatic heterocycles. The molecular weight excluding hydrogens is 347 g/mol. The lowest BCUT2D eigenvalue weighted by atomic mass is 10.5. The van der Waals surface area contributed by atoms with Crippen LogP contribution in [0.1, 0.15) is 0 Å². The molecular formula is C10H12Cl2N2O2S3. The van der Waals surface area contributed by atoms with Gasteiger partial charge in [0.1, 0.15) is 10.0 Å². The van der Waals surface area contributed by atoms with Crippen LogP contribution in [0, 0.1) is 0 Å². The van der Waals surface area contributed by atoms with E-state index in [1.165, 1.54) is 12.3 Å². The van der Waals surface area contributed by atoms with Crippen molar-refractivity contribution in [1.82, 2.24) is 9.71 Å². The first-order chi connectivity index (χ1) is 8.99. The lowest BCUT2D eigenvalue weighted by Crippen LogP contribution is -2.33. The Bertz CT molecular complexity index is 548. The molecule has 2 heterocycles. The minimum Gasteiger partial charge on any atom is -0.242 e. The lowest BCUT2D eigenvalue weighted by molar-refractivity contribution is 0.581. The molecule has 1 N–H and O–H groups in total. The van der Waals surface area contributed by atoms with Crippen LogP contribution in [-0.4, -0.2) is 42.5 Å². The van der Waals surface area contributed by atoms with Gasteiger partial charge in [0.2, 0.25) is 10.0 Å². The van der Waals surface area contributed by atoms with Crippen molar-refractivity contribution in [2.24, 2.45) is 0 Å². The van der Waals surface area contributed by atoms with E-state index in [2.05, 4.69) is 9.71 Å². The summed E-state index contributed by atoms with van der Waals surface area (Å²) in [5, 5.41) is 0.538. The highest BCUT2D eigenvalue weighted by Crippen LogP contribution is 2.25. The number of aromatic nitrogens is 1. The van der Waals surface area contributed by atoms with Gasteiger partial charge in [-0.05, 0) is 6.07 Å². The van der Waals surface area contributed by atoms with Gasteiger partial charge in [-0.2, -0.15) is 23.5 Å². The van der Waals surface area contributed by atoms with Crippen LogP contribution in [0.4, 0.5) is 0 Å². The Morgan fingerprint density at radius 1 is 1.42 bits per heavy atom. The molecule has 1 saturated heterocycles. The van der Waals surface area contributed by atoms with Gasteiger partial charge >= 0.3 is 0 Å². The molecule has 0 radical (unpaired) electrons. The van der Waals surface area contributed by atoms with Gasteiger partial charge in [0.25, 0.3) is 0 Å². The number of halogens is 2. The highest BCUT2D eigenvalue weighted by molar-refractivity contribution is 8.06. The van der Waals surface area contributed by atoms with E-state index < -0.39 is 10.0 Å². The van der Waals surface area contributed by atoms with Crippen molar-refractivity contribution in [1.29, 1.82) is 0 Å². The van der Waals surface area contributed by atoms with Crippen LogP contribution >= 0.6 is 46.7 Å². The summed E-state index contributed by atoms with van der Waals surface area (Å²) in [4.78, 5) is 3.78. The largest absolute Gasteiger partial charge is 0.242 e. The second-order valence-electron chi connectivity index (χ2n) is 3.86. The molecule has 2 rings (SSSR count). The first-order valence-corrected chi connectivity index (χ1v) is 9.93. The Hall–Kier alpha value is 0.340. The molecule has 1 unspecified atom stereocenters. The summed E-state index contributed by atoms with van der Waals surface area (Å²) in [5.74, 6) is 3.16. The smallest absolute Gasteiger partial charge is 0.242 e. The second-order valence-corrected chi connectivity index (χ2v) is 8.95. The Kier molecular flexibility index (Phi) is 5.68. The minimum absolute atomic E-state index is 0.0374. The van der Waals surface area contributed by atoms with E-state index in [0.717, 1.165) is 17.3 Å². The van der Waals surface area contributed by atoms with Crippen molar-refractivity contribution < 1.29 is 8.42 Å². The fourth-order valence-electron chi connectivity index (χ4n) is 1.49. The average Bonchev–Trinajstić information content (AvgIpc) is 2.41. The number of nitrogens with one attached hydrogen (secondary N) is 1. The van der Waals surface area contributed by atoms with E-state index in [-0.39, 0.29) is 15.1 Å².